The first kappa shape index (κ1) is 21.5. The summed E-state index contributed by atoms with van der Waals surface area (Å²) >= 11 is 0. The molecule has 0 saturated carbocycles. The Labute approximate surface area is 176 Å². The third kappa shape index (κ3) is 4.53. The van der Waals surface area contributed by atoms with E-state index in [2.05, 4.69) is 106 Å². The summed E-state index contributed by atoms with van der Waals surface area (Å²) in [6.07, 6.45) is 0. The van der Waals surface area contributed by atoms with Crippen LogP contribution >= 0.6 is 0 Å². The van der Waals surface area contributed by atoms with Crippen molar-refractivity contribution in [3.63, 3.8) is 0 Å². The van der Waals surface area contributed by atoms with Crippen LogP contribution in [-0.2, 0) is 11.0 Å². The summed E-state index contributed by atoms with van der Waals surface area (Å²) in [6, 6.07) is 29.9. The normalized spacial score (nSPS) is 13.3. The van der Waals surface area contributed by atoms with Crippen molar-refractivity contribution >= 4 is 18.7 Å². The Morgan fingerprint density at radius 1 is 0.828 bits per heavy atom. The van der Waals surface area contributed by atoms with Crippen molar-refractivity contribution in [1.82, 2.24) is 0 Å². The zero-order valence-corrected chi connectivity index (χ0v) is 18.9. The molecule has 0 amide bonds. The van der Waals surface area contributed by atoms with E-state index < -0.39 is 8.32 Å². The van der Waals surface area contributed by atoms with Gasteiger partial charge in [-0.25, -0.2) is 0 Å². The van der Waals surface area contributed by atoms with Crippen molar-refractivity contribution in [2.45, 2.75) is 45.3 Å². The van der Waals surface area contributed by atoms with Crippen LogP contribution in [0.25, 0.3) is 0 Å². The van der Waals surface area contributed by atoms with E-state index in [1.54, 1.807) is 0 Å². The molecule has 3 heteroatoms. The van der Waals surface area contributed by atoms with Crippen molar-refractivity contribution in [1.29, 1.82) is 0 Å². The van der Waals surface area contributed by atoms with E-state index in [4.69, 9.17) is 4.43 Å². The van der Waals surface area contributed by atoms with Crippen LogP contribution in [-0.4, -0.2) is 20.0 Å². The first-order valence-electron chi connectivity index (χ1n) is 10.3. The zero-order chi connectivity index (χ0) is 20.9. The molecule has 29 heavy (non-hydrogen) atoms. The highest BCUT2D eigenvalue weighted by molar-refractivity contribution is 6.99. The van der Waals surface area contributed by atoms with E-state index in [9.17, 15) is 5.11 Å². The van der Waals surface area contributed by atoms with Crippen molar-refractivity contribution in [3.05, 3.63) is 96.1 Å². The van der Waals surface area contributed by atoms with Gasteiger partial charge in [-0.2, -0.15) is 0 Å². The molecule has 0 aromatic heterocycles. The molecular formula is C26H32O2Si. The van der Waals surface area contributed by atoms with Gasteiger partial charge in [-0.3, -0.25) is 0 Å². The van der Waals surface area contributed by atoms with Crippen LogP contribution in [0.2, 0.25) is 5.04 Å². The summed E-state index contributed by atoms with van der Waals surface area (Å²) in [6.45, 7) is 9.64. The predicted molar refractivity (Wildman–Crippen MR) is 124 cm³/mol. The summed E-state index contributed by atoms with van der Waals surface area (Å²) < 4.78 is 7.00. The van der Waals surface area contributed by atoms with Gasteiger partial charge in [0, 0.05) is 12.5 Å². The molecule has 0 aliphatic carbocycles. The Balaban J connectivity index is 2.05. The van der Waals surface area contributed by atoms with Gasteiger partial charge in [0.1, 0.15) is 0 Å². The summed E-state index contributed by atoms with van der Waals surface area (Å²) in [5.41, 5.74) is 2.30. The van der Waals surface area contributed by atoms with Gasteiger partial charge in [0.2, 0.25) is 0 Å². The lowest BCUT2D eigenvalue weighted by atomic mass is 10.0. The smallest absolute Gasteiger partial charge is 0.261 e. The van der Waals surface area contributed by atoms with Crippen LogP contribution in [0.15, 0.2) is 84.9 Å². The van der Waals surface area contributed by atoms with E-state index >= 15 is 0 Å². The molecule has 0 spiro atoms. The number of benzene rings is 3. The minimum absolute atomic E-state index is 0.0360. The molecule has 0 bridgehead atoms. The number of aliphatic hydroxyl groups excluding tert-OH is 1. The van der Waals surface area contributed by atoms with Crippen LogP contribution in [0.5, 0.6) is 0 Å². The molecule has 3 rings (SSSR count). The third-order valence-corrected chi connectivity index (χ3v) is 10.6. The highest BCUT2D eigenvalue weighted by Crippen LogP contribution is 2.37. The standard InChI is InChI=1S/C26H32O2Si/c1-21(19-27)23-13-11-12-22(18-23)20-28-29(26(2,3)4,24-14-7-5-8-15-24)25-16-9-6-10-17-25/h5-18,21,27H,19-20H2,1-4H3/t21-/m1/s1. The lowest BCUT2D eigenvalue weighted by Crippen LogP contribution is -2.66. The van der Waals surface area contributed by atoms with Crippen LogP contribution in [0.4, 0.5) is 0 Å². The number of hydrogen-bond acceptors (Lipinski definition) is 2. The third-order valence-electron chi connectivity index (χ3n) is 5.67. The van der Waals surface area contributed by atoms with Gasteiger partial charge in [0.05, 0.1) is 6.61 Å². The highest BCUT2D eigenvalue weighted by atomic mass is 28.4. The minimum atomic E-state index is -2.53. The van der Waals surface area contributed by atoms with Gasteiger partial charge in [-0.05, 0) is 26.5 Å². The average Bonchev–Trinajstić information content (AvgIpc) is 2.74. The second kappa shape index (κ2) is 9.08. The maximum absolute atomic E-state index is 9.52. The maximum Gasteiger partial charge on any atom is 0.261 e. The van der Waals surface area contributed by atoms with Crippen LogP contribution in [0.3, 0.4) is 0 Å². The second-order valence-corrected chi connectivity index (χ2v) is 13.1. The molecule has 1 atom stereocenters. The minimum Gasteiger partial charge on any atom is -0.403 e. The zero-order valence-electron chi connectivity index (χ0n) is 17.9. The summed E-state index contributed by atoms with van der Waals surface area (Å²) in [5.74, 6) is 0.128. The molecular weight excluding hydrogens is 372 g/mol. The fourth-order valence-corrected chi connectivity index (χ4v) is 8.59. The van der Waals surface area contributed by atoms with Crippen LogP contribution in [0, 0.1) is 0 Å². The van der Waals surface area contributed by atoms with E-state index in [1.165, 1.54) is 10.4 Å². The Kier molecular flexibility index (Phi) is 6.73. The van der Waals surface area contributed by atoms with Crippen molar-refractivity contribution in [2.24, 2.45) is 0 Å². The monoisotopic (exact) mass is 404 g/mol. The molecule has 1 N–H and O–H groups in total. The molecule has 0 radical (unpaired) electrons. The molecule has 0 aliphatic rings. The van der Waals surface area contributed by atoms with Gasteiger partial charge < -0.3 is 9.53 Å². The fourth-order valence-electron chi connectivity index (χ4n) is 4.05. The van der Waals surface area contributed by atoms with E-state index in [1.807, 2.05) is 6.92 Å². The lowest BCUT2D eigenvalue weighted by Gasteiger charge is -2.43. The SMILES string of the molecule is C[C@H](CO)c1cccc(CO[Si](c2ccccc2)(c2ccccc2)C(C)(C)C)c1. The highest BCUT2D eigenvalue weighted by Gasteiger charge is 2.50. The molecule has 0 heterocycles. The van der Waals surface area contributed by atoms with Crippen LogP contribution in [0.1, 0.15) is 44.7 Å². The molecule has 2 nitrogen and oxygen atoms in total. The van der Waals surface area contributed by atoms with Crippen LogP contribution < -0.4 is 10.4 Å². The first-order chi connectivity index (χ1) is 13.9. The summed E-state index contributed by atoms with van der Waals surface area (Å²) in [7, 11) is -2.53. The molecule has 3 aromatic rings. The fraction of sp³-hybridized carbons (Fsp3) is 0.308. The van der Waals surface area contributed by atoms with E-state index in [-0.39, 0.29) is 17.6 Å². The topological polar surface area (TPSA) is 29.5 Å². The second-order valence-electron chi connectivity index (χ2n) is 8.78. The Morgan fingerprint density at radius 2 is 1.38 bits per heavy atom. The number of rotatable bonds is 7. The maximum atomic E-state index is 9.52. The van der Waals surface area contributed by atoms with Crippen molar-refractivity contribution in [3.8, 4) is 0 Å². The van der Waals surface area contributed by atoms with Crippen molar-refractivity contribution in [2.75, 3.05) is 6.61 Å². The quantitative estimate of drug-likeness (QED) is 0.570. The van der Waals surface area contributed by atoms with Gasteiger partial charge in [0.25, 0.3) is 8.32 Å². The van der Waals surface area contributed by atoms with E-state index in [0.29, 0.717) is 6.61 Å². The largest absolute Gasteiger partial charge is 0.403 e. The summed E-state index contributed by atoms with van der Waals surface area (Å²) in [4.78, 5) is 0. The molecule has 0 saturated heterocycles. The molecule has 0 unspecified atom stereocenters. The Morgan fingerprint density at radius 3 is 1.86 bits per heavy atom. The van der Waals surface area contributed by atoms with Gasteiger partial charge in [-0.1, -0.05) is 113 Å². The number of hydrogen-bond donors (Lipinski definition) is 1. The van der Waals surface area contributed by atoms with Gasteiger partial charge in [0.15, 0.2) is 0 Å². The van der Waals surface area contributed by atoms with E-state index in [0.717, 1.165) is 11.1 Å². The summed E-state index contributed by atoms with van der Waals surface area (Å²) in [5, 5.41) is 12.1. The van der Waals surface area contributed by atoms with Gasteiger partial charge in [-0.15, -0.1) is 0 Å². The Hall–Kier alpha value is -2.20. The van der Waals surface area contributed by atoms with Gasteiger partial charge >= 0.3 is 0 Å². The predicted octanol–water partition coefficient (Wildman–Crippen LogP) is 4.86. The molecule has 0 aliphatic heterocycles. The van der Waals surface area contributed by atoms with Crippen molar-refractivity contribution < 1.29 is 9.53 Å². The molecule has 3 aromatic carbocycles. The Bertz CT molecular complexity index is 861. The lowest BCUT2D eigenvalue weighted by molar-refractivity contribution is 0.272. The average molecular weight is 405 g/mol. The number of aliphatic hydroxyl groups is 1. The molecule has 0 fully saturated rings. The molecule has 152 valence electrons. The first-order valence-corrected chi connectivity index (χ1v) is 12.2.